The number of carbonyl (C=O) groups excluding carboxylic acids is 2. The number of anilines is 2. The Hall–Kier alpha value is -1.96. The molecule has 0 unspecified atom stereocenters. The quantitative estimate of drug-likeness (QED) is 0.744. The minimum Gasteiger partial charge on any atom is -0.324 e. The van der Waals surface area contributed by atoms with Gasteiger partial charge < -0.3 is 10.6 Å². The molecule has 132 valence electrons. The molecule has 1 aromatic carbocycles. The Kier molecular flexibility index (Phi) is 6.92. The van der Waals surface area contributed by atoms with Crippen molar-refractivity contribution in [2.24, 2.45) is 0 Å². The highest BCUT2D eigenvalue weighted by molar-refractivity contribution is 9.10. The van der Waals surface area contributed by atoms with Crippen LogP contribution in [0, 0.1) is 6.92 Å². The van der Waals surface area contributed by atoms with Gasteiger partial charge in [-0.15, -0.1) is 0 Å². The van der Waals surface area contributed by atoms with Crippen molar-refractivity contribution in [2.75, 3.05) is 30.8 Å². The predicted octanol–water partition coefficient (Wildman–Crippen LogP) is 3.31. The molecule has 1 heterocycles. The van der Waals surface area contributed by atoms with Crippen LogP contribution in [0.2, 0.25) is 5.02 Å². The minimum atomic E-state index is -0.251. The lowest BCUT2D eigenvalue weighted by atomic mass is 10.2. The van der Waals surface area contributed by atoms with Gasteiger partial charge in [-0.05, 0) is 59.7 Å². The van der Waals surface area contributed by atoms with Crippen LogP contribution in [0.25, 0.3) is 0 Å². The van der Waals surface area contributed by atoms with Crippen molar-refractivity contribution in [3.63, 3.8) is 0 Å². The summed E-state index contributed by atoms with van der Waals surface area (Å²) in [7, 11) is 1.69. The number of benzene rings is 1. The second-order valence-electron chi connectivity index (χ2n) is 5.61. The summed E-state index contributed by atoms with van der Waals surface area (Å²) in [5.74, 6) is -0.0428. The Morgan fingerprint density at radius 3 is 2.44 bits per heavy atom. The maximum atomic E-state index is 12.1. The number of carbonyl (C=O) groups is 2. The molecule has 25 heavy (non-hydrogen) atoms. The Bertz CT molecular complexity index is 768. The third kappa shape index (κ3) is 6.45. The molecular weight excluding hydrogens is 408 g/mol. The zero-order valence-corrected chi connectivity index (χ0v) is 16.2. The summed E-state index contributed by atoms with van der Waals surface area (Å²) < 4.78 is 0.828. The second kappa shape index (κ2) is 8.94. The van der Waals surface area contributed by atoms with Gasteiger partial charge in [0.05, 0.1) is 23.8 Å². The predicted molar refractivity (Wildman–Crippen MR) is 103 cm³/mol. The number of pyridine rings is 1. The largest absolute Gasteiger partial charge is 0.324 e. The molecule has 2 aromatic rings. The van der Waals surface area contributed by atoms with E-state index in [1.807, 2.05) is 13.0 Å². The molecule has 2 N–H and O–H groups in total. The van der Waals surface area contributed by atoms with Crippen LogP contribution < -0.4 is 10.6 Å². The highest BCUT2D eigenvalue weighted by Crippen LogP contribution is 2.22. The number of rotatable bonds is 6. The van der Waals surface area contributed by atoms with Crippen LogP contribution in [0.4, 0.5) is 11.5 Å². The first-order chi connectivity index (χ1) is 11.8. The maximum absolute atomic E-state index is 12.1. The molecule has 0 aliphatic carbocycles. The van der Waals surface area contributed by atoms with Crippen molar-refractivity contribution in [1.82, 2.24) is 9.88 Å². The first kappa shape index (κ1) is 19.4. The van der Waals surface area contributed by atoms with E-state index in [-0.39, 0.29) is 24.9 Å². The van der Waals surface area contributed by atoms with Gasteiger partial charge in [-0.1, -0.05) is 17.7 Å². The molecule has 0 radical (unpaired) electrons. The number of nitrogens with one attached hydrogen (secondary N) is 2. The van der Waals surface area contributed by atoms with Crippen molar-refractivity contribution in [3.8, 4) is 0 Å². The van der Waals surface area contributed by atoms with E-state index in [4.69, 9.17) is 11.6 Å². The number of hydrogen-bond donors (Lipinski definition) is 2. The Morgan fingerprint density at radius 2 is 1.84 bits per heavy atom. The van der Waals surface area contributed by atoms with Gasteiger partial charge in [-0.2, -0.15) is 0 Å². The SMILES string of the molecule is Cc1ccc(NC(=O)CN(C)CC(=O)Nc2ccc(Br)cn2)c(Cl)c1. The lowest BCUT2D eigenvalue weighted by Gasteiger charge is -2.16. The van der Waals surface area contributed by atoms with Crippen LogP contribution in [0.1, 0.15) is 5.56 Å². The van der Waals surface area contributed by atoms with Gasteiger partial charge in [0.2, 0.25) is 11.8 Å². The van der Waals surface area contributed by atoms with Crippen molar-refractivity contribution in [2.45, 2.75) is 6.92 Å². The van der Waals surface area contributed by atoms with E-state index in [1.54, 1.807) is 42.4 Å². The second-order valence-corrected chi connectivity index (χ2v) is 6.94. The first-order valence-corrected chi connectivity index (χ1v) is 8.66. The lowest BCUT2D eigenvalue weighted by Crippen LogP contribution is -2.36. The molecule has 0 spiro atoms. The molecule has 0 fully saturated rings. The van der Waals surface area contributed by atoms with Crippen LogP contribution >= 0.6 is 27.5 Å². The van der Waals surface area contributed by atoms with Crippen LogP contribution in [-0.2, 0) is 9.59 Å². The van der Waals surface area contributed by atoms with Crippen molar-refractivity contribution in [1.29, 1.82) is 0 Å². The van der Waals surface area contributed by atoms with E-state index in [1.165, 1.54) is 0 Å². The summed E-state index contributed by atoms with van der Waals surface area (Å²) in [4.78, 5) is 29.7. The summed E-state index contributed by atoms with van der Waals surface area (Å²) in [5, 5.41) is 5.89. The average Bonchev–Trinajstić information content (AvgIpc) is 2.52. The minimum absolute atomic E-state index is 0.0609. The van der Waals surface area contributed by atoms with E-state index in [0.717, 1.165) is 10.0 Å². The molecule has 0 atom stereocenters. The molecule has 0 saturated carbocycles. The zero-order valence-electron chi connectivity index (χ0n) is 13.8. The number of amides is 2. The topological polar surface area (TPSA) is 74.3 Å². The Balaban J connectivity index is 1.82. The fraction of sp³-hybridized carbons (Fsp3) is 0.235. The fourth-order valence-electron chi connectivity index (χ4n) is 2.09. The van der Waals surface area contributed by atoms with Gasteiger partial charge in [0, 0.05) is 10.7 Å². The highest BCUT2D eigenvalue weighted by atomic mass is 79.9. The monoisotopic (exact) mass is 424 g/mol. The third-order valence-corrected chi connectivity index (χ3v) is 4.00. The van der Waals surface area contributed by atoms with Crippen molar-refractivity contribution in [3.05, 3.63) is 51.6 Å². The molecule has 0 bridgehead atoms. The zero-order chi connectivity index (χ0) is 18.4. The molecule has 2 amide bonds. The van der Waals surface area contributed by atoms with E-state index in [9.17, 15) is 9.59 Å². The fourth-order valence-corrected chi connectivity index (χ4v) is 2.61. The molecular formula is C17H18BrClN4O2. The number of nitrogens with zero attached hydrogens (tertiary/aromatic N) is 2. The van der Waals surface area contributed by atoms with Crippen LogP contribution in [0.5, 0.6) is 0 Å². The van der Waals surface area contributed by atoms with Gasteiger partial charge >= 0.3 is 0 Å². The standard InChI is InChI=1S/C17H18BrClN4O2/c1-11-3-5-14(13(19)7-11)21-16(24)9-23(2)10-17(25)22-15-6-4-12(18)8-20-15/h3-8H,9-10H2,1-2H3,(H,21,24)(H,20,22,25). The normalized spacial score (nSPS) is 10.6. The molecule has 0 aliphatic heterocycles. The van der Waals surface area contributed by atoms with Crippen LogP contribution in [0.15, 0.2) is 41.0 Å². The number of hydrogen-bond acceptors (Lipinski definition) is 4. The number of likely N-dealkylation sites (N-methyl/N-ethyl adjacent to an activating group) is 1. The van der Waals surface area contributed by atoms with E-state index in [2.05, 4.69) is 31.5 Å². The van der Waals surface area contributed by atoms with Gasteiger partial charge in [-0.25, -0.2) is 4.98 Å². The average molecular weight is 426 g/mol. The number of aromatic nitrogens is 1. The van der Waals surface area contributed by atoms with E-state index in [0.29, 0.717) is 16.5 Å². The molecule has 2 rings (SSSR count). The van der Waals surface area contributed by atoms with E-state index < -0.39 is 0 Å². The molecule has 0 aliphatic rings. The van der Waals surface area contributed by atoms with Gasteiger partial charge in [0.15, 0.2) is 0 Å². The van der Waals surface area contributed by atoms with Crippen LogP contribution in [-0.4, -0.2) is 41.8 Å². The summed E-state index contributed by atoms with van der Waals surface area (Å²) >= 11 is 9.37. The smallest absolute Gasteiger partial charge is 0.239 e. The summed E-state index contributed by atoms with van der Waals surface area (Å²) in [6, 6.07) is 8.87. The Morgan fingerprint density at radius 1 is 1.16 bits per heavy atom. The van der Waals surface area contributed by atoms with Gasteiger partial charge in [0.25, 0.3) is 0 Å². The van der Waals surface area contributed by atoms with Crippen molar-refractivity contribution >= 4 is 50.9 Å². The highest BCUT2D eigenvalue weighted by Gasteiger charge is 2.12. The Labute approximate surface area is 159 Å². The van der Waals surface area contributed by atoms with Gasteiger partial charge in [-0.3, -0.25) is 14.5 Å². The lowest BCUT2D eigenvalue weighted by molar-refractivity contribution is -0.119. The molecule has 0 saturated heterocycles. The number of aryl methyl sites for hydroxylation is 1. The summed E-state index contributed by atoms with van der Waals surface area (Å²) in [6.45, 7) is 2.04. The molecule has 8 heteroatoms. The van der Waals surface area contributed by atoms with E-state index >= 15 is 0 Å². The molecule has 6 nitrogen and oxygen atoms in total. The van der Waals surface area contributed by atoms with Gasteiger partial charge in [0.1, 0.15) is 5.82 Å². The van der Waals surface area contributed by atoms with Crippen LogP contribution in [0.3, 0.4) is 0 Å². The van der Waals surface area contributed by atoms with Crippen molar-refractivity contribution < 1.29 is 9.59 Å². The first-order valence-electron chi connectivity index (χ1n) is 7.49. The summed E-state index contributed by atoms with van der Waals surface area (Å²) in [5.41, 5.74) is 1.56. The maximum Gasteiger partial charge on any atom is 0.239 e. The third-order valence-electron chi connectivity index (χ3n) is 3.22. The molecule has 1 aromatic heterocycles. The summed E-state index contributed by atoms with van der Waals surface area (Å²) in [6.07, 6.45) is 1.60. The number of halogens is 2.